The van der Waals surface area contributed by atoms with Gasteiger partial charge in [-0.1, -0.05) is 32.1 Å². The number of ether oxygens (including phenoxy) is 1. The van der Waals surface area contributed by atoms with Crippen LogP contribution in [0.1, 0.15) is 46.0 Å². The molecule has 0 aliphatic rings. The van der Waals surface area contributed by atoms with Gasteiger partial charge in [0.15, 0.2) is 6.10 Å². The van der Waals surface area contributed by atoms with Gasteiger partial charge in [-0.05, 0) is 12.8 Å². The Balaban J connectivity index is 3.50. The maximum absolute atomic E-state index is 10.6. The first-order valence-corrected chi connectivity index (χ1v) is 4.84. The van der Waals surface area contributed by atoms with Crippen molar-refractivity contribution in [2.75, 3.05) is 0 Å². The Morgan fingerprint density at radius 1 is 1.46 bits per heavy atom. The molecule has 0 saturated heterocycles. The Hall–Kier alpha value is -0.970. The van der Waals surface area contributed by atoms with Crippen LogP contribution in [-0.4, -0.2) is 12.1 Å². The summed E-state index contributed by atoms with van der Waals surface area (Å²) >= 11 is 0. The Bertz CT molecular complexity index is 179. The average molecular weight is 182 g/mol. The molecule has 0 bridgehead atoms. The molecule has 13 heavy (non-hydrogen) atoms. The van der Waals surface area contributed by atoms with Gasteiger partial charge in [-0.25, -0.2) is 0 Å². The molecule has 0 aromatic rings. The molecule has 0 amide bonds. The lowest BCUT2D eigenvalue weighted by atomic mass is 10.1. The fourth-order valence-corrected chi connectivity index (χ4v) is 1.13. The van der Waals surface area contributed by atoms with Gasteiger partial charge < -0.3 is 4.74 Å². The van der Waals surface area contributed by atoms with Crippen molar-refractivity contribution in [3.63, 3.8) is 0 Å². The van der Waals surface area contributed by atoms with Crippen LogP contribution < -0.4 is 0 Å². The molecule has 74 valence electrons. The van der Waals surface area contributed by atoms with Crippen molar-refractivity contribution in [2.45, 2.75) is 52.1 Å². The van der Waals surface area contributed by atoms with E-state index in [1.807, 2.05) is 0 Å². The Morgan fingerprint density at radius 3 is 2.62 bits per heavy atom. The second kappa shape index (κ2) is 7.67. The summed E-state index contributed by atoms with van der Waals surface area (Å²) in [5.41, 5.74) is 0. The minimum absolute atomic E-state index is 0.293. The maximum Gasteiger partial charge on any atom is 0.303 e. The van der Waals surface area contributed by atoms with Crippen LogP contribution in [-0.2, 0) is 9.53 Å². The van der Waals surface area contributed by atoms with Crippen LogP contribution in [0.5, 0.6) is 0 Å². The number of carbonyl (C=O) groups is 1. The molecule has 0 N–H and O–H groups in total. The van der Waals surface area contributed by atoms with Gasteiger partial charge >= 0.3 is 5.97 Å². The number of carbonyl (C=O) groups excluding carboxylic acids is 1. The Labute approximate surface area is 80.7 Å². The van der Waals surface area contributed by atoms with Gasteiger partial charge in [0.2, 0.25) is 0 Å². The maximum atomic E-state index is 10.6. The number of unbranched alkanes of at least 4 members (excludes halogenated alkanes) is 3. The van der Waals surface area contributed by atoms with Crippen LogP contribution in [0.4, 0.5) is 0 Å². The van der Waals surface area contributed by atoms with E-state index in [1.165, 1.54) is 19.8 Å². The molecule has 0 fully saturated rings. The summed E-state index contributed by atoms with van der Waals surface area (Å²) in [7, 11) is 0. The third-order valence-corrected chi connectivity index (χ3v) is 1.81. The van der Waals surface area contributed by atoms with Gasteiger partial charge in [-0.15, -0.1) is 6.42 Å². The highest BCUT2D eigenvalue weighted by Gasteiger charge is 2.06. The van der Waals surface area contributed by atoms with Crippen LogP contribution in [0, 0.1) is 12.3 Å². The molecule has 0 heterocycles. The van der Waals surface area contributed by atoms with Crippen LogP contribution in [0.25, 0.3) is 0 Å². The van der Waals surface area contributed by atoms with Crippen LogP contribution in [0.15, 0.2) is 0 Å². The van der Waals surface area contributed by atoms with Crippen molar-refractivity contribution in [1.29, 1.82) is 0 Å². The Kier molecular flexibility index (Phi) is 7.10. The van der Waals surface area contributed by atoms with Crippen molar-refractivity contribution >= 4 is 5.97 Å². The van der Waals surface area contributed by atoms with Crippen LogP contribution in [0.3, 0.4) is 0 Å². The fourth-order valence-electron chi connectivity index (χ4n) is 1.13. The summed E-state index contributed by atoms with van der Waals surface area (Å²) in [6.07, 6.45) is 10.3. The minimum atomic E-state index is -0.325. The topological polar surface area (TPSA) is 26.3 Å². The highest BCUT2D eigenvalue weighted by atomic mass is 16.5. The van der Waals surface area contributed by atoms with E-state index < -0.39 is 0 Å². The van der Waals surface area contributed by atoms with Gasteiger partial charge in [0.1, 0.15) is 0 Å². The SMILES string of the molecule is C#C[C@H](CCCCCC)OC(C)=O. The van der Waals surface area contributed by atoms with Crippen molar-refractivity contribution in [3.05, 3.63) is 0 Å². The van der Waals surface area contributed by atoms with Gasteiger partial charge in [0, 0.05) is 6.92 Å². The average Bonchev–Trinajstić information content (AvgIpc) is 2.09. The lowest BCUT2D eigenvalue weighted by Crippen LogP contribution is -2.13. The molecule has 0 aromatic carbocycles. The number of esters is 1. The van der Waals surface area contributed by atoms with E-state index in [0.29, 0.717) is 0 Å². The summed E-state index contributed by atoms with van der Waals surface area (Å²) in [5.74, 6) is 2.17. The molecule has 0 aromatic heterocycles. The molecular weight excluding hydrogens is 164 g/mol. The van der Waals surface area contributed by atoms with Gasteiger partial charge in [0.05, 0.1) is 0 Å². The number of terminal acetylenes is 1. The second-order valence-electron chi connectivity index (χ2n) is 3.11. The van der Waals surface area contributed by atoms with Gasteiger partial charge in [-0.2, -0.15) is 0 Å². The molecule has 0 aliphatic heterocycles. The molecule has 0 spiro atoms. The molecule has 2 nitrogen and oxygen atoms in total. The summed E-state index contributed by atoms with van der Waals surface area (Å²) in [4.78, 5) is 10.6. The van der Waals surface area contributed by atoms with E-state index in [9.17, 15) is 4.79 Å². The van der Waals surface area contributed by atoms with Crippen LogP contribution in [0.2, 0.25) is 0 Å². The molecule has 0 unspecified atom stereocenters. The third-order valence-electron chi connectivity index (χ3n) is 1.81. The zero-order valence-corrected chi connectivity index (χ0v) is 8.51. The van der Waals surface area contributed by atoms with Crippen molar-refractivity contribution in [1.82, 2.24) is 0 Å². The minimum Gasteiger partial charge on any atom is -0.449 e. The monoisotopic (exact) mass is 182 g/mol. The molecule has 0 saturated carbocycles. The van der Waals surface area contributed by atoms with E-state index in [0.717, 1.165) is 19.3 Å². The molecule has 1 atom stereocenters. The van der Waals surface area contributed by atoms with Gasteiger partial charge in [0.25, 0.3) is 0 Å². The molecule has 0 aliphatic carbocycles. The molecule has 0 radical (unpaired) electrons. The molecule has 0 rings (SSSR count). The standard InChI is InChI=1S/C11H18O2/c1-4-6-7-8-9-11(5-2)13-10(3)12/h2,11H,4,6-9H2,1,3H3/t11-/m1/s1. The van der Waals surface area contributed by atoms with Crippen molar-refractivity contribution in [2.24, 2.45) is 0 Å². The summed E-state index contributed by atoms with van der Waals surface area (Å²) in [6.45, 7) is 3.54. The summed E-state index contributed by atoms with van der Waals surface area (Å²) in [5, 5.41) is 0. The lowest BCUT2D eigenvalue weighted by Gasteiger charge is -2.09. The predicted octanol–water partition coefficient (Wildman–Crippen LogP) is 2.52. The summed E-state index contributed by atoms with van der Waals surface area (Å²) < 4.78 is 4.90. The quantitative estimate of drug-likeness (QED) is 0.358. The Morgan fingerprint density at radius 2 is 2.15 bits per heavy atom. The smallest absolute Gasteiger partial charge is 0.303 e. The van der Waals surface area contributed by atoms with Gasteiger partial charge in [-0.3, -0.25) is 4.79 Å². The molecule has 2 heteroatoms. The number of hydrogen-bond acceptors (Lipinski definition) is 2. The third kappa shape index (κ3) is 7.39. The van der Waals surface area contributed by atoms with Crippen LogP contribution >= 0.6 is 0 Å². The first-order valence-electron chi connectivity index (χ1n) is 4.84. The zero-order chi connectivity index (χ0) is 10.1. The first-order chi connectivity index (χ1) is 6.20. The molecular formula is C11H18O2. The highest BCUT2D eigenvalue weighted by molar-refractivity contribution is 5.66. The summed E-state index contributed by atoms with van der Waals surface area (Å²) in [6, 6.07) is 0. The van der Waals surface area contributed by atoms with E-state index in [-0.39, 0.29) is 12.1 Å². The zero-order valence-electron chi connectivity index (χ0n) is 8.51. The first kappa shape index (κ1) is 12.0. The lowest BCUT2D eigenvalue weighted by molar-refractivity contribution is -0.144. The fraction of sp³-hybridized carbons (Fsp3) is 0.727. The van der Waals surface area contributed by atoms with Crippen molar-refractivity contribution < 1.29 is 9.53 Å². The second-order valence-corrected chi connectivity index (χ2v) is 3.11. The number of hydrogen-bond donors (Lipinski definition) is 0. The predicted molar refractivity (Wildman–Crippen MR) is 53.1 cm³/mol. The highest BCUT2D eigenvalue weighted by Crippen LogP contribution is 2.07. The number of rotatable bonds is 6. The van der Waals surface area contributed by atoms with E-state index in [4.69, 9.17) is 11.2 Å². The normalized spacial score (nSPS) is 11.8. The van der Waals surface area contributed by atoms with E-state index >= 15 is 0 Å². The largest absolute Gasteiger partial charge is 0.449 e. The van der Waals surface area contributed by atoms with E-state index in [2.05, 4.69) is 12.8 Å². The van der Waals surface area contributed by atoms with Crippen molar-refractivity contribution in [3.8, 4) is 12.3 Å². The van der Waals surface area contributed by atoms with E-state index in [1.54, 1.807) is 0 Å².